The third kappa shape index (κ3) is 7.86. The van der Waals surface area contributed by atoms with Gasteiger partial charge < -0.3 is 24.8 Å². The van der Waals surface area contributed by atoms with Gasteiger partial charge in [0.05, 0.1) is 19.0 Å². The van der Waals surface area contributed by atoms with E-state index >= 15 is 4.39 Å². The van der Waals surface area contributed by atoms with Crippen molar-refractivity contribution in [2.75, 3.05) is 19.5 Å². The van der Waals surface area contributed by atoms with Crippen molar-refractivity contribution in [2.24, 2.45) is 0 Å². The number of aliphatic hydroxyl groups excluding tert-OH is 1. The van der Waals surface area contributed by atoms with Gasteiger partial charge in [0.25, 0.3) is 0 Å². The highest BCUT2D eigenvalue weighted by Crippen LogP contribution is 2.49. The number of benzene rings is 2. The normalized spacial score (nSPS) is 22.4. The van der Waals surface area contributed by atoms with Gasteiger partial charge in [-0.2, -0.15) is 10.1 Å². The van der Waals surface area contributed by atoms with E-state index in [2.05, 4.69) is 10.1 Å². The average Bonchev–Trinajstić information content (AvgIpc) is 3.24. The van der Waals surface area contributed by atoms with Crippen molar-refractivity contribution in [3.63, 3.8) is 0 Å². The van der Waals surface area contributed by atoms with Gasteiger partial charge in [-0.3, -0.25) is 13.9 Å². The summed E-state index contributed by atoms with van der Waals surface area (Å²) in [5.41, 5.74) is 5.50. The summed E-state index contributed by atoms with van der Waals surface area (Å²) >= 11 is 0.902. The van der Waals surface area contributed by atoms with Crippen molar-refractivity contribution >= 4 is 31.3 Å². The Morgan fingerprint density at radius 2 is 1.88 bits per heavy atom. The molecule has 1 aliphatic rings. The van der Waals surface area contributed by atoms with E-state index in [0.717, 1.165) is 21.9 Å². The standard InChI is InChI=1S/C26H30FN4O8PS/c1-16(25(33)37-14-17-6-4-3-5-7-17)30-40(35,39-19-10-8-18(36-2)9-11-19)38-15-20-23(32)22(27)24(41-20)31-13-12-21(28)29-26(31)34/h3-13,16,20,22-24,32H,14-15H2,1-2H3,(H,30,35)(H2,28,29,34)/t16-,20+,22-,23+,24+,40?/m0/s1. The summed E-state index contributed by atoms with van der Waals surface area (Å²) in [4.78, 5) is 28.5. The summed E-state index contributed by atoms with van der Waals surface area (Å²) in [5, 5.41) is 11.0. The van der Waals surface area contributed by atoms with Gasteiger partial charge in [0.15, 0.2) is 6.17 Å². The van der Waals surface area contributed by atoms with E-state index in [0.29, 0.717) is 5.75 Å². The van der Waals surface area contributed by atoms with Crippen LogP contribution in [0.2, 0.25) is 0 Å². The highest BCUT2D eigenvalue weighted by molar-refractivity contribution is 8.00. The van der Waals surface area contributed by atoms with Crippen molar-refractivity contribution in [1.29, 1.82) is 0 Å². The molecule has 0 spiro atoms. The summed E-state index contributed by atoms with van der Waals surface area (Å²) in [6.45, 7) is 0.972. The van der Waals surface area contributed by atoms with Gasteiger partial charge in [-0.1, -0.05) is 30.3 Å². The number of nitrogens with zero attached hydrogens (tertiary/aromatic N) is 2. The number of carbonyl (C=O) groups is 1. The van der Waals surface area contributed by atoms with Crippen molar-refractivity contribution < 1.29 is 37.4 Å². The first-order chi connectivity index (χ1) is 19.6. The molecule has 1 saturated heterocycles. The molecule has 6 atom stereocenters. The molecule has 0 saturated carbocycles. The minimum atomic E-state index is -4.31. The van der Waals surface area contributed by atoms with Crippen molar-refractivity contribution in [3.8, 4) is 11.5 Å². The van der Waals surface area contributed by atoms with Gasteiger partial charge >= 0.3 is 19.4 Å². The minimum absolute atomic E-state index is 0.000264. The molecule has 12 nitrogen and oxygen atoms in total. The molecule has 0 amide bonds. The SMILES string of the molecule is COc1ccc(OP(=O)(N[C@@H](C)C(=O)OCc2ccccc2)OC[C@H]2S[C@@H](n3ccc(N)nc3=O)[C@@H](F)[C@@H]2O)cc1. The van der Waals surface area contributed by atoms with Crippen LogP contribution in [0.3, 0.4) is 0 Å². The number of aromatic nitrogens is 2. The number of hydrogen-bond acceptors (Lipinski definition) is 11. The maximum absolute atomic E-state index is 15.0. The number of hydrogen-bond donors (Lipinski definition) is 3. The van der Waals surface area contributed by atoms with Crippen LogP contribution in [0.4, 0.5) is 10.2 Å². The second-order valence-electron chi connectivity index (χ2n) is 9.05. The topological polar surface area (TPSA) is 164 Å². The number of anilines is 1. The number of esters is 1. The fraction of sp³-hybridized carbons (Fsp3) is 0.346. The number of methoxy groups -OCH3 is 1. The van der Waals surface area contributed by atoms with Gasteiger partial charge in [0.1, 0.15) is 41.4 Å². The number of aliphatic hydroxyl groups is 1. The first-order valence-electron chi connectivity index (χ1n) is 12.5. The molecule has 2 heterocycles. The molecule has 41 heavy (non-hydrogen) atoms. The molecule has 0 radical (unpaired) electrons. The number of ether oxygens (including phenoxy) is 2. The van der Waals surface area contributed by atoms with Crippen LogP contribution in [-0.2, 0) is 25.2 Å². The first-order valence-corrected chi connectivity index (χ1v) is 15.0. The number of halogens is 1. The van der Waals surface area contributed by atoms with Gasteiger partial charge in [-0.15, -0.1) is 11.8 Å². The minimum Gasteiger partial charge on any atom is -0.497 e. The van der Waals surface area contributed by atoms with Gasteiger partial charge in [-0.25, -0.2) is 13.8 Å². The Bertz CT molecular complexity index is 1430. The molecule has 1 aromatic heterocycles. The molecular formula is C26H30FN4O8PS. The summed E-state index contributed by atoms with van der Waals surface area (Å²) in [6.07, 6.45) is -2.15. The molecule has 1 fully saturated rings. The van der Waals surface area contributed by atoms with Crippen LogP contribution in [0, 0.1) is 0 Å². The Labute approximate surface area is 239 Å². The Hall–Kier alpha value is -3.42. The summed E-state index contributed by atoms with van der Waals surface area (Å²) in [6, 6.07) is 15.3. The smallest absolute Gasteiger partial charge is 0.459 e. The highest BCUT2D eigenvalue weighted by atomic mass is 32.2. The van der Waals surface area contributed by atoms with Crippen LogP contribution in [0.25, 0.3) is 0 Å². The van der Waals surface area contributed by atoms with E-state index in [-0.39, 0.29) is 18.2 Å². The van der Waals surface area contributed by atoms with Crippen molar-refractivity contribution in [2.45, 2.75) is 42.5 Å². The predicted molar refractivity (Wildman–Crippen MR) is 150 cm³/mol. The average molecular weight is 609 g/mol. The van der Waals surface area contributed by atoms with Crippen molar-refractivity contribution in [3.05, 3.63) is 82.9 Å². The summed E-state index contributed by atoms with van der Waals surface area (Å²) in [7, 11) is -2.83. The molecule has 4 N–H and O–H groups in total. The number of thioether (sulfide) groups is 1. The quantitative estimate of drug-likeness (QED) is 0.204. The lowest BCUT2D eigenvalue weighted by atomic mass is 10.1. The maximum atomic E-state index is 15.0. The largest absolute Gasteiger partial charge is 0.497 e. The van der Waals surface area contributed by atoms with E-state index in [1.165, 1.54) is 38.4 Å². The number of rotatable bonds is 12. The number of nitrogens with one attached hydrogen (secondary N) is 1. The summed E-state index contributed by atoms with van der Waals surface area (Å²) in [5.74, 6) is -0.0849. The van der Waals surface area contributed by atoms with Crippen LogP contribution < -0.4 is 25.8 Å². The van der Waals surface area contributed by atoms with E-state index in [1.54, 1.807) is 36.4 Å². The van der Waals surface area contributed by atoms with Crippen LogP contribution in [-0.4, -0.2) is 57.9 Å². The maximum Gasteiger partial charge on any atom is 0.459 e. The van der Waals surface area contributed by atoms with Crippen LogP contribution >= 0.6 is 19.5 Å². The zero-order valence-corrected chi connectivity index (χ0v) is 23.9. The third-order valence-corrected chi connectivity index (χ3v) is 9.22. The fourth-order valence-electron chi connectivity index (χ4n) is 3.87. The first kappa shape index (κ1) is 30.5. The molecule has 0 aliphatic carbocycles. The second kappa shape index (κ2) is 13.5. The lowest BCUT2D eigenvalue weighted by molar-refractivity contribution is -0.146. The molecule has 220 valence electrons. The number of alkyl halides is 1. The van der Waals surface area contributed by atoms with E-state index in [9.17, 15) is 19.3 Å². The zero-order valence-electron chi connectivity index (χ0n) is 22.2. The molecule has 3 aromatic rings. The van der Waals surface area contributed by atoms with Crippen molar-refractivity contribution in [1.82, 2.24) is 14.6 Å². The van der Waals surface area contributed by atoms with Gasteiger partial charge in [0, 0.05) is 6.20 Å². The third-order valence-electron chi connectivity index (χ3n) is 6.04. The second-order valence-corrected chi connectivity index (χ2v) is 12.1. The molecule has 4 rings (SSSR count). The van der Waals surface area contributed by atoms with Crippen LogP contribution in [0.15, 0.2) is 71.7 Å². The molecule has 0 bridgehead atoms. The van der Waals surface area contributed by atoms with E-state index < -0.39 is 55.0 Å². The lowest BCUT2D eigenvalue weighted by Gasteiger charge is -2.24. The molecule has 1 aliphatic heterocycles. The van der Waals surface area contributed by atoms with Gasteiger partial charge in [-0.05, 0) is 42.8 Å². The Kier molecular flexibility index (Phi) is 10.1. The number of nitrogen functional groups attached to an aromatic ring is 1. The number of nitrogens with two attached hydrogens (primary N) is 1. The molecule has 1 unspecified atom stereocenters. The lowest BCUT2D eigenvalue weighted by Crippen LogP contribution is -2.36. The highest BCUT2D eigenvalue weighted by Gasteiger charge is 2.46. The van der Waals surface area contributed by atoms with Crippen LogP contribution in [0.1, 0.15) is 17.9 Å². The van der Waals surface area contributed by atoms with Gasteiger partial charge in [0.2, 0.25) is 0 Å². The molecule has 2 aromatic carbocycles. The zero-order chi connectivity index (χ0) is 29.6. The predicted octanol–water partition coefficient (Wildman–Crippen LogP) is 3.07. The fourth-order valence-corrected chi connectivity index (χ4v) is 6.90. The number of carbonyl (C=O) groups excluding carboxylic acids is 1. The van der Waals surface area contributed by atoms with E-state index in [4.69, 9.17) is 24.3 Å². The molecular weight excluding hydrogens is 578 g/mol. The Morgan fingerprint density at radius 1 is 1.20 bits per heavy atom. The Balaban J connectivity index is 1.47. The molecule has 15 heteroatoms. The summed E-state index contributed by atoms with van der Waals surface area (Å²) < 4.78 is 51.6. The Morgan fingerprint density at radius 3 is 2.54 bits per heavy atom. The monoisotopic (exact) mass is 608 g/mol. The van der Waals surface area contributed by atoms with E-state index in [1.807, 2.05) is 6.07 Å². The van der Waals surface area contributed by atoms with Crippen LogP contribution in [0.5, 0.6) is 11.5 Å².